The molecule has 2 aliphatic heterocycles. The molecule has 2 saturated heterocycles. The van der Waals surface area contributed by atoms with Gasteiger partial charge in [0.05, 0.1) is 32.0 Å². The van der Waals surface area contributed by atoms with Crippen LogP contribution in [0.1, 0.15) is 232 Å². The van der Waals surface area contributed by atoms with Gasteiger partial charge in [0.15, 0.2) is 12.6 Å². The quantitative estimate of drug-likeness (QED) is 0.0205. The minimum absolute atomic E-state index is 0.252. The number of ether oxygens (including phenoxy) is 4. The molecule has 2 rings (SSSR count). The Morgan fingerprint density at radius 3 is 1.36 bits per heavy atom. The molecule has 12 unspecified atom stereocenters. The zero-order valence-electron chi connectivity index (χ0n) is 45.2. The van der Waals surface area contributed by atoms with Gasteiger partial charge in [-0.1, -0.05) is 217 Å². The molecule has 0 spiro atoms. The fourth-order valence-electron chi connectivity index (χ4n) is 9.56. The Hall–Kier alpha value is -1.79. The van der Waals surface area contributed by atoms with E-state index >= 15 is 0 Å². The van der Waals surface area contributed by atoms with E-state index < -0.39 is 86.8 Å². The molecule has 0 saturated carbocycles. The van der Waals surface area contributed by atoms with Gasteiger partial charge in [-0.2, -0.15) is 0 Å². The summed E-state index contributed by atoms with van der Waals surface area (Å²) < 4.78 is 22.7. The van der Waals surface area contributed by atoms with Gasteiger partial charge in [0.1, 0.15) is 48.8 Å². The first-order valence-electron chi connectivity index (χ1n) is 29.2. The number of rotatable bonds is 46. The fourth-order valence-corrected chi connectivity index (χ4v) is 9.56. The second kappa shape index (κ2) is 44.3. The Balaban J connectivity index is 1.79. The topological polar surface area (TPSA) is 228 Å². The fraction of sp³-hybridized carbons (Fsp3) is 0.879. The van der Waals surface area contributed by atoms with Crippen molar-refractivity contribution in [2.24, 2.45) is 0 Å². The Kier molecular flexibility index (Phi) is 40.9. The van der Waals surface area contributed by atoms with Crippen LogP contribution in [0.4, 0.5) is 0 Å². The summed E-state index contributed by atoms with van der Waals surface area (Å²) in [5.41, 5.74) is 0. The average Bonchev–Trinajstić information content (AvgIpc) is 3.38. The summed E-state index contributed by atoms with van der Waals surface area (Å²) in [6, 6.07) is -0.934. The number of carbonyl (C=O) groups is 1. The van der Waals surface area contributed by atoms with Crippen molar-refractivity contribution in [2.45, 2.75) is 306 Å². The van der Waals surface area contributed by atoms with E-state index in [4.69, 9.17) is 18.9 Å². The second-order valence-electron chi connectivity index (χ2n) is 20.8. The van der Waals surface area contributed by atoms with E-state index in [2.05, 4.69) is 43.5 Å². The van der Waals surface area contributed by atoms with Gasteiger partial charge in [-0.3, -0.25) is 4.79 Å². The first-order chi connectivity index (χ1) is 35.1. The molecule has 0 aromatic carbocycles. The van der Waals surface area contributed by atoms with E-state index in [-0.39, 0.29) is 18.9 Å². The number of hydrogen-bond donors (Lipinski definition) is 9. The number of aliphatic hydroxyl groups excluding tert-OH is 8. The van der Waals surface area contributed by atoms with Gasteiger partial charge in [-0.15, -0.1) is 0 Å². The number of allylic oxidation sites excluding steroid dienone is 5. The average molecular weight is 1030 g/mol. The highest BCUT2D eigenvalue weighted by Crippen LogP contribution is 2.30. The molecule has 2 aliphatic rings. The molecular formula is C58H107NO13. The van der Waals surface area contributed by atoms with Crippen molar-refractivity contribution in [3.05, 3.63) is 36.5 Å². The number of hydrogen-bond acceptors (Lipinski definition) is 13. The molecule has 0 radical (unpaired) electrons. The van der Waals surface area contributed by atoms with E-state index in [1.807, 2.05) is 6.08 Å². The lowest BCUT2D eigenvalue weighted by atomic mass is 9.97. The molecule has 12 atom stereocenters. The molecule has 2 heterocycles. The summed E-state index contributed by atoms with van der Waals surface area (Å²) in [6.07, 6.45) is 36.2. The van der Waals surface area contributed by atoms with Gasteiger partial charge in [-0.05, 0) is 44.9 Å². The largest absolute Gasteiger partial charge is 0.394 e. The molecule has 0 aliphatic carbocycles. The summed E-state index contributed by atoms with van der Waals surface area (Å²) in [5, 5.41) is 86.9. The maximum absolute atomic E-state index is 13.2. The molecule has 72 heavy (non-hydrogen) atoms. The van der Waals surface area contributed by atoms with Gasteiger partial charge in [0, 0.05) is 6.42 Å². The van der Waals surface area contributed by atoms with Gasteiger partial charge in [0.25, 0.3) is 0 Å². The minimum Gasteiger partial charge on any atom is -0.394 e. The Morgan fingerprint density at radius 2 is 0.889 bits per heavy atom. The van der Waals surface area contributed by atoms with Crippen molar-refractivity contribution < 1.29 is 64.6 Å². The third-order valence-electron chi connectivity index (χ3n) is 14.3. The van der Waals surface area contributed by atoms with Crippen LogP contribution in [0.15, 0.2) is 36.5 Å². The van der Waals surface area contributed by atoms with Crippen LogP contribution >= 0.6 is 0 Å². The highest BCUT2D eigenvalue weighted by molar-refractivity contribution is 5.76. The zero-order valence-corrected chi connectivity index (χ0v) is 45.2. The first kappa shape index (κ1) is 66.3. The molecule has 2 fully saturated rings. The van der Waals surface area contributed by atoms with E-state index in [1.54, 1.807) is 6.08 Å². The smallest absolute Gasteiger partial charge is 0.220 e. The molecule has 9 N–H and O–H groups in total. The van der Waals surface area contributed by atoms with Gasteiger partial charge >= 0.3 is 0 Å². The maximum atomic E-state index is 13.2. The number of nitrogens with one attached hydrogen (secondary N) is 1. The normalized spacial score (nSPS) is 25.8. The zero-order chi connectivity index (χ0) is 52.4. The summed E-state index contributed by atoms with van der Waals surface area (Å²) in [7, 11) is 0. The predicted molar refractivity (Wildman–Crippen MR) is 286 cm³/mol. The van der Waals surface area contributed by atoms with Crippen LogP contribution < -0.4 is 5.32 Å². The predicted octanol–water partition coefficient (Wildman–Crippen LogP) is 9.44. The summed E-state index contributed by atoms with van der Waals surface area (Å²) in [5.74, 6) is -0.252. The van der Waals surface area contributed by atoms with Crippen molar-refractivity contribution in [3.8, 4) is 0 Å². The van der Waals surface area contributed by atoms with Crippen LogP contribution in [0.3, 0.4) is 0 Å². The highest BCUT2D eigenvalue weighted by atomic mass is 16.7. The van der Waals surface area contributed by atoms with Crippen molar-refractivity contribution in [3.63, 3.8) is 0 Å². The monoisotopic (exact) mass is 1030 g/mol. The molecular weight excluding hydrogens is 919 g/mol. The van der Waals surface area contributed by atoms with E-state index in [9.17, 15) is 45.6 Å². The van der Waals surface area contributed by atoms with Crippen molar-refractivity contribution in [1.29, 1.82) is 0 Å². The van der Waals surface area contributed by atoms with Crippen LogP contribution in [-0.2, 0) is 23.7 Å². The van der Waals surface area contributed by atoms with Crippen LogP contribution in [0.2, 0.25) is 0 Å². The van der Waals surface area contributed by atoms with Gasteiger partial charge < -0.3 is 65.1 Å². The number of unbranched alkanes of at least 4 members (excludes halogenated alkanes) is 29. The van der Waals surface area contributed by atoms with Gasteiger partial charge in [-0.25, -0.2) is 0 Å². The molecule has 422 valence electrons. The molecule has 0 aromatic rings. The number of carbonyl (C=O) groups excluding carboxylic acids is 1. The third kappa shape index (κ3) is 30.1. The summed E-state index contributed by atoms with van der Waals surface area (Å²) >= 11 is 0. The Labute approximate surface area is 436 Å². The summed E-state index contributed by atoms with van der Waals surface area (Å²) in [6.45, 7) is 2.78. The van der Waals surface area contributed by atoms with E-state index in [1.165, 1.54) is 154 Å². The van der Waals surface area contributed by atoms with Gasteiger partial charge in [0.2, 0.25) is 5.91 Å². The lowest BCUT2D eigenvalue weighted by Crippen LogP contribution is -2.65. The maximum Gasteiger partial charge on any atom is 0.220 e. The SMILES string of the molecule is CCCCCCCCCCCCCCCC/C=C/CC/C=C/CC/C=C/C(O)C(COC1OC(CO)C(OC2OC(CO)C(O)C(O)C2O)C(O)C1O)NC(=O)CCCCCCCCCCCCCCCC. The summed E-state index contributed by atoms with van der Waals surface area (Å²) in [4.78, 5) is 13.2. The van der Waals surface area contributed by atoms with Crippen molar-refractivity contribution >= 4 is 5.91 Å². The Morgan fingerprint density at radius 1 is 0.486 bits per heavy atom. The second-order valence-corrected chi connectivity index (χ2v) is 20.8. The van der Waals surface area contributed by atoms with Crippen molar-refractivity contribution in [1.82, 2.24) is 5.32 Å². The molecule has 14 nitrogen and oxygen atoms in total. The molecule has 0 bridgehead atoms. The Bertz CT molecular complexity index is 1350. The van der Waals surface area contributed by atoms with E-state index in [0.717, 1.165) is 44.9 Å². The highest BCUT2D eigenvalue weighted by Gasteiger charge is 2.51. The van der Waals surface area contributed by atoms with Crippen LogP contribution in [0.5, 0.6) is 0 Å². The van der Waals surface area contributed by atoms with Crippen LogP contribution in [0.25, 0.3) is 0 Å². The minimum atomic E-state index is -1.79. The number of amides is 1. The van der Waals surface area contributed by atoms with Crippen LogP contribution in [-0.4, -0.2) is 140 Å². The third-order valence-corrected chi connectivity index (χ3v) is 14.3. The first-order valence-corrected chi connectivity index (χ1v) is 29.2. The standard InChI is InChI=1S/C58H107NO13/c1-3-5-7-9-11-13-15-17-19-20-21-22-23-24-25-26-27-28-29-31-33-35-37-39-41-47(62)46(59-50(63)42-40-38-36-34-32-30-18-16-14-12-10-8-6-4-2)45-69-57-55(68)53(66)56(49(44-61)71-57)72-58-54(67)52(65)51(64)48(43-60)70-58/h26-27,31,33,39,41,46-49,51-58,60-62,64-68H,3-25,28-30,32,34-38,40,42-45H2,1-2H3,(H,59,63)/b27-26+,33-31+,41-39+. The molecule has 1 amide bonds. The molecule has 0 aromatic heterocycles. The van der Waals surface area contributed by atoms with E-state index in [0.29, 0.717) is 12.8 Å². The lowest BCUT2D eigenvalue weighted by molar-refractivity contribution is -0.359. The van der Waals surface area contributed by atoms with Crippen LogP contribution in [0, 0.1) is 0 Å². The molecule has 14 heteroatoms. The van der Waals surface area contributed by atoms with Crippen molar-refractivity contribution in [2.75, 3.05) is 19.8 Å². The number of aliphatic hydroxyl groups is 8. The lowest BCUT2D eigenvalue weighted by Gasteiger charge is -2.46.